The molecule has 1 amide bonds. The van der Waals surface area contributed by atoms with Gasteiger partial charge in [0, 0.05) is 5.56 Å². The van der Waals surface area contributed by atoms with Crippen LogP contribution >= 0.6 is 0 Å². The van der Waals surface area contributed by atoms with E-state index in [1.807, 2.05) is 0 Å². The first kappa shape index (κ1) is 10.8. The van der Waals surface area contributed by atoms with Crippen molar-refractivity contribution in [2.24, 2.45) is 0 Å². The van der Waals surface area contributed by atoms with Gasteiger partial charge in [0.25, 0.3) is 5.91 Å². The van der Waals surface area contributed by atoms with Gasteiger partial charge >= 0.3 is 0 Å². The lowest BCUT2D eigenvalue weighted by Crippen LogP contribution is -2.25. The minimum atomic E-state index is -0.280. The van der Waals surface area contributed by atoms with Crippen LogP contribution in [0.1, 0.15) is 0 Å². The lowest BCUT2D eigenvalue weighted by atomic mass is 10.0. The molecule has 0 atom stereocenters. The third-order valence-corrected chi connectivity index (χ3v) is 2.80. The molecule has 2 aromatic carbocycles. The molecule has 90 valence electrons. The van der Waals surface area contributed by atoms with Gasteiger partial charge in [-0.3, -0.25) is 4.79 Å². The van der Waals surface area contributed by atoms with Gasteiger partial charge in [0.1, 0.15) is 11.6 Å². The van der Waals surface area contributed by atoms with E-state index in [1.54, 1.807) is 36.4 Å². The number of carbonyl (C=O) groups is 1. The van der Waals surface area contributed by atoms with Crippen LogP contribution in [0.2, 0.25) is 0 Å². The largest absolute Gasteiger partial charge is 0.482 e. The van der Waals surface area contributed by atoms with E-state index in [2.05, 4.69) is 5.32 Å². The monoisotopic (exact) mass is 243 g/mol. The first-order chi connectivity index (χ1) is 8.74. The maximum absolute atomic E-state index is 13.7. The fraction of sp³-hybridized carbons (Fsp3) is 0.0714. The Kier molecular flexibility index (Phi) is 2.48. The average Bonchev–Trinajstić information content (AvgIpc) is 2.39. The number of fused-ring (bicyclic) bond motifs is 1. The molecule has 0 saturated heterocycles. The van der Waals surface area contributed by atoms with E-state index < -0.39 is 0 Å². The Bertz CT molecular complexity index is 625. The van der Waals surface area contributed by atoms with E-state index in [0.29, 0.717) is 17.0 Å². The summed E-state index contributed by atoms with van der Waals surface area (Å²) in [5, 5.41) is 2.70. The van der Waals surface area contributed by atoms with E-state index in [9.17, 15) is 9.18 Å². The number of amides is 1. The van der Waals surface area contributed by atoms with Crippen LogP contribution in [0.15, 0.2) is 42.5 Å². The summed E-state index contributed by atoms with van der Waals surface area (Å²) in [6.45, 7) is -0.00623. The van der Waals surface area contributed by atoms with Gasteiger partial charge in [0.2, 0.25) is 0 Å². The summed E-state index contributed by atoms with van der Waals surface area (Å²) in [7, 11) is 0. The molecule has 0 radical (unpaired) electrons. The standard InChI is InChI=1S/C14H10FNO2/c15-11-4-2-1-3-10(11)9-5-6-12-13(7-9)18-8-14(17)16-12/h1-7H,8H2,(H,16,17). The number of nitrogens with one attached hydrogen (secondary N) is 1. The topological polar surface area (TPSA) is 38.3 Å². The summed E-state index contributed by atoms with van der Waals surface area (Å²) < 4.78 is 19.0. The predicted molar refractivity (Wildman–Crippen MR) is 66.0 cm³/mol. The highest BCUT2D eigenvalue weighted by Crippen LogP contribution is 2.33. The minimum Gasteiger partial charge on any atom is -0.482 e. The average molecular weight is 243 g/mol. The Balaban J connectivity index is 2.05. The van der Waals surface area contributed by atoms with E-state index in [0.717, 1.165) is 5.56 Å². The van der Waals surface area contributed by atoms with Crippen molar-refractivity contribution in [1.29, 1.82) is 0 Å². The molecule has 1 aliphatic rings. The molecule has 3 nitrogen and oxygen atoms in total. The fourth-order valence-electron chi connectivity index (χ4n) is 1.94. The lowest BCUT2D eigenvalue weighted by Gasteiger charge is -2.18. The first-order valence-electron chi connectivity index (χ1n) is 5.55. The second-order valence-electron chi connectivity index (χ2n) is 4.03. The molecular formula is C14H10FNO2. The number of rotatable bonds is 1. The van der Waals surface area contributed by atoms with Gasteiger partial charge < -0.3 is 10.1 Å². The maximum Gasteiger partial charge on any atom is 0.262 e. The van der Waals surface area contributed by atoms with Gasteiger partial charge in [-0.1, -0.05) is 24.3 Å². The summed E-state index contributed by atoms with van der Waals surface area (Å²) in [5.41, 5.74) is 1.86. The first-order valence-corrected chi connectivity index (χ1v) is 5.55. The smallest absolute Gasteiger partial charge is 0.262 e. The highest BCUT2D eigenvalue weighted by molar-refractivity contribution is 5.95. The van der Waals surface area contributed by atoms with Gasteiger partial charge in [-0.15, -0.1) is 0 Å². The van der Waals surface area contributed by atoms with Gasteiger partial charge in [-0.05, 0) is 23.8 Å². The molecule has 3 rings (SSSR count). The Morgan fingerprint density at radius 1 is 1.17 bits per heavy atom. The zero-order valence-electron chi connectivity index (χ0n) is 9.44. The molecule has 4 heteroatoms. The fourth-order valence-corrected chi connectivity index (χ4v) is 1.94. The molecule has 2 aromatic rings. The quantitative estimate of drug-likeness (QED) is 0.836. The normalized spacial score (nSPS) is 13.5. The summed E-state index contributed by atoms with van der Waals surface area (Å²) >= 11 is 0. The van der Waals surface area contributed by atoms with Gasteiger partial charge in [-0.25, -0.2) is 4.39 Å². The van der Waals surface area contributed by atoms with Crippen molar-refractivity contribution in [2.45, 2.75) is 0 Å². The van der Waals surface area contributed by atoms with Crippen LogP contribution in [0.3, 0.4) is 0 Å². The van der Waals surface area contributed by atoms with Crippen molar-refractivity contribution < 1.29 is 13.9 Å². The van der Waals surface area contributed by atoms with Gasteiger partial charge in [0.15, 0.2) is 6.61 Å². The van der Waals surface area contributed by atoms with Crippen molar-refractivity contribution in [3.8, 4) is 16.9 Å². The van der Waals surface area contributed by atoms with Crippen LogP contribution in [-0.2, 0) is 4.79 Å². The van der Waals surface area contributed by atoms with Crippen molar-refractivity contribution in [1.82, 2.24) is 0 Å². The maximum atomic E-state index is 13.7. The second-order valence-corrected chi connectivity index (χ2v) is 4.03. The second kappa shape index (κ2) is 4.14. The van der Waals surface area contributed by atoms with Crippen LogP contribution in [0.4, 0.5) is 10.1 Å². The van der Waals surface area contributed by atoms with Crippen molar-refractivity contribution in [2.75, 3.05) is 11.9 Å². The van der Waals surface area contributed by atoms with Crippen LogP contribution in [0.25, 0.3) is 11.1 Å². The van der Waals surface area contributed by atoms with Gasteiger partial charge in [0.05, 0.1) is 5.69 Å². The highest BCUT2D eigenvalue weighted by Gasteiger charge is 2.16. The van der Waals surface area contributed by atoms with Crippen molar-refractivity contribution >= 4 is 11.6 Å². The van der Waals surface area contributed by atoms with Crippen LogP contribution in [0, 0.1) is 5.82 Å². The van der Waals surface area contributed by atoms with E-state index in [-0.39, 0.29) is 18.3 Å². The Morgan fingerprint density at radius 2 is 2.00 bits per heavy atom. The SMILES string of the molecule is O=C1COc2cc(-c3ccccc3F)ccc2N1. The molecular weight excluding hydrogens is 233 g/mol. The van der Waals surface area contributed by atoms with Gasteiger partial charge in [-0.2, -0.15) is 0 Å². The predicted octanol–water partition coefficient (Wildman–Crippen LogP) is 2.82. The number of benzene rings is 2. The number of anilines is 1. The molecule has 0 aliphatic carbocycles. The van der Waals surface area contributed by atoms with Crippen LogP contribution in [0.5, 0.6) is 5.75 Å². The summed E-state index contributed by atoms with van der Waals surface area (Å²) in [6.07, 6.45) is 0. The summed E-state index contributed by atoms with van der Waals surface area (Å²) in [5.74, 6) is 0.105. The summed E-state index contributed by atoms with van der Waals surface area (Å²) in [4.78, 5) is 11.1. The number of carbonyl (C=O) groups excluding carboxylic acids is 1. The number of halogens is 1. The Labute approximate surface area is 103 Å². The van der Waals surface area contributed by atoms with Crippen LogP contribution < -0.4 is 10.1 Å². The molecule has 0 unspecified atom stereocenters. The molecule has 18 heavy (non-hydrogen) atoms. The van der Waals surface area contributed by atoms with Crippen molar-refractivity contribution in [3.63, 3.8) is 0 Å². The third kappa shape index (κ3) is 1.82. The zero-order chi connectivity index (χ0) is 12.5. The minimum absolute atomic E-state index is 0.00623. The lowest BCUT2D eigenvalue weighted by molar-refractivity contribution is -0.118. The number of ether oxygens (including phenoxy) is 1. The highest BCUT2D eigenvalue weighted by atomic mass is 19.1. The Morgan fingerprint density at radius 3 is 2.83 bits per heavy atom. The summed E-state index contributed by atoms with van der Waals surface area (Å²) in [6, 6.07) is 11.7. The molecule has 0 saturated carbocycles. The molecule has 0 fully saturated rings. The molecule has 1 N–H and O–H groups in total. The van der Waals surface area contributed by atoms with E-state index >= 15 is 0 Å². The van der Waals surface area contributed by atoms with E-state index in [4.69, 9.17) is 4.74 Å². The molecule has 1 aliphatic heterocycles. The number of hydrogen-bond acceptors (Lipinski definition) is 2. The third-order valence-electron chi connectivity index (χ3n) is 2.80. The molecule has 1 heterocycles. The Hall–Kier alpha value is -2.36. The molecule has 0 bridgehead atoms. The van der Waals surface area contributed by atoms with E-state index in [1.165, 1.54) is 6.07 Å². The molecule has 0 spiro atoms. The molecule has 0 aromatic heterocycles. The van der Waals surface area contributed by atoms with Crippen LogP contribution in [-0.4, -0.2) is 12.5 Å². The zero-order valence-corrected chi connectivity index (χ0v) is 9.44. The van der Waals surface area contributed by atoms with Crippen molar-refractivity contribution in [3.05, 3.63) is 48.3 Å². The number of hydrogen-bond donors (Lipinski definition) is 1.